The molecule has 2 amide bonds. The van der Waals surface area contributed by atoms with Gasteiger partial charge in [0.2, 0.25) is 17.7 Å². The lowest BCUT2D eigenvalue weighted by Crippen LogP contribution is -2.51. The summed E-state index contributed by atoms with van der Waals surface area (Å²) < 4.78 is 5.29. The fourth-order valence-electron chi connectivity index (χ4n) is 3.65. The molecule has 1 atom stereocenters. The van der Waals surface area contributed by atoms with E-state index >= 15 is 0 Å². The Morgan fingerprint density at radius 2 is 2.00 bits per heavy atom. The van der Waals surface area contributed by atoms with E-state index in [-0.39, 0.29) is 17.9 Å². The molecule has 2 rings (SSSR count). The zero-order valence-electron chi connectivity index (χ0n) is 18.1. The van der Waals surface area contributed by atoms with Crippen molar-refractivity contribution >= 4 is 11.8 Å². The van der Waals surface area contributed by atoms with Crippen molar-refractivity contribution in [2.45, 2.75) is 79.2 Å². The summed E-state index contributed by atoms with van der Waals surface area (Å²) in [5.74, 6) is 2.52. The van der Waals surface area contributed by atoms with Crippen LogP contribution in [0.5, 0.6) is 0 Å². The van der Waals surface area contributed by atoms with Gasteiger partial charge >= 0.3 is 0 Å². The number of nitrogens with zero attached hydrogens (tertiary/aromatic N) is 4. The van der Waals surface area contributed by atoms with E-state index in [1.54, 1.807) is 6.92 Å². The average molecular weight is 393 g/mol. The number of rotatable bonds is 9. The summed E-state index contributed by atoms with van der Waals surface area (Å²) in [4.78, 5) is 33.0. The topological polar surface area (TPSA) is 79.5 Å². The van der Waals surface area contributed by atoms with Gasteiger partial charge in [0.05, 0.1) is 0 Å². The minimum absolute atomic E-state index is 0.0346. The number of amides is 2. The van der Waals surface area contributed by atoms with Gasteiger partial charge in [-0.05, 0) is 31.1 Å². The highest BCUT2D eigenvalue weighted by Crippen LogP contribution is 2.19. The van der Waals surface area contributed by atoms with E-state index in [1.165, 1.54) is 0 Å². The molecule has 1 saturated heterocycles. The standard InChI is InChI=1S/C21H36N4O3/c1-15(2)8-9-21(27)24-11-6-7-18(14-24)25(17(5)26)12-10-19-22-20(28-23-19)13-16(3)4/h15-16,18H,6-14H2,1-5H3. The van der Waals surface area contributed by atoms with Crippen LogP contribution in [0.15, 0.2) is 4.52 Å². The fraction of sp³-hybridized carbons (Fsp3) is 0.810. The SMILES string of the molecule is CC(=O)N(CCc1noc(CC(C)C)n1)C1CCCN(C(=O)CCC(C)C)C1. The first kappa shape index (κ1) is 22.4. The van der Waals surface area contributed by atoms with E-state index in [2.05, 4.69) is 37.8 Å². The number of hydrogen-bond acceptors (Lipinski definition) is 5. The van der Waals surface area contributed by atoms with Gasteiger partial charge in [0.1, 0.15) is 0 Å². The normalized spacial score (nSPS) is 17.4. The van der Waals surface area contributed by atoms with Gasteiger partial charge < -0.3 is 14.3 Å². The molecule has 2 heterocycles. The van der Waals surface area contributed by atoms with E-state index in [0.29, 0.717) is 49.5 Å². The molecule has 28 heavy (non-hydrogen) atoms. The van der Waals surface area contributed by atoms with Crippen LogP contribution in [0.25, 0.3) is 0 Å². The van der Waals surface area contributed by atoms with Gasteiger partial charge in [-0.3, -0.25) is 9.59 Å². The van der Waals surface area contributed by atoms with Crippen molar-refractivity contribution in [3.05, 3.63) is 11.7 Å². The lowest BCUT2D eigenvalue weighted by Gasteiger charge is -2.39. The molecule has 1 aliphatic heterocycles. The van der Waals surface area contributed by atoms with Gasteiger partial charge in [0.25, 0.3) is 0 Å². The summed E-state index contributed by atoms with van der Waals surface area (Å²) in [6.07, 6.45) is 4.69. The predicted molar refractivity (Wildman–Crippen MR) is 108 cm³/mol. The van der Waals surface area contributed by atoms with E-state index in [1.807, 2.05) is 9.80 Å². The quantitative estimate of drug-likeness (QED) is 0.645. The highest BCUT2D eigenvalue weighted by molar-refractivity contribution is 5.77. The Kier molecular flexibility index (Phi) is 8.45. The third-order valence-electron chi connectivity index (χ3n) is 5.20. The van der Waals surface area contributed by atoms with Crippen LogP contribution < -0.4 is 0 Å². The first-order valence-electron chi connectivity index (χ1n) is 10.6. The maximum absolute atomic E-state index is 12.5. The number of carbonyl (C=O) groups excluding carboxylic acids is 2. The maximum atomic E-state index is 12.5. The molecule has 0 spiro atoms. The lowest BCUT2D eigenvalue weighted by atomic mass is 10.0. The highest BCUT2D eigenvalue weighted by atomic mass is 16.5. The van der Waals surface area contributed by atoms with Crippen molar-refractivity contribution in [2.24, 2.45) is 11.8 Å². The molecule has 0 aromatic carbocycles. The molecule has 0 radical (unpaired) electrons. The van der Waals surface area contributed by atoms with Gasteiger partial charge in [0.15, 0.2) is 5.82 Å². The van der Waals surface area contributed by atoms with Gasteiger partial charge in [0, 0.05) is 51.9 Å². The Labute approximate surface area is 168 Å². The van der Waals surface area contributed by atoms with Crippen molar-refractivity contribution in [2.75, 3.05) is 19.6 Å². The first-order chi connectivity index (χ1) is 13.3. The summed E-state index contributed by atoms with van der Waals surface area (Å²) in [6.45, 7) is 12.1. The van der Waals surface area contributed by atoms with Crippen LogP contribution in [0.4, 0.5) is 0 Å². The molecule has 7 nitrogen and oxygen atoms in total. The van der Waals surface area contributed by atoms with Gasteiger partial charge in [-0.15, -0.1) is 0 Å². The molecule has 158 valence electrons. The number of likely N-dealkylation sites (tertiary alicyclic amines) is 1. The Hall–Kier alpha value is -1.92. The zero-order valence-corrected chi connectivity index (χ0v) is 18.1. The molecule has 0 saturated carbocycles. The second kappa shape index (κ2) is 10.6. The van der Waals surface area contributed by atoms with Crippen molar-refractivity contribution < 1.29 is 14.1 Å². The molecule has 0 bridgehead atoms. The van der Waals surface area contributed by atoms with Crippen LogP contribution in [0, 0.1) is 11.8 Å². The van der Waals surface area contributed by atoms with Crippen LogP contribution in [0.1, 0.15) is 72.0 Å². The lowest BCUT2D eigenvalue weighted by molar-refractivity contribution is -0.138. The molecular weight excluding hydrogens is 356 g/mol. The van der Waals surface area contributed by atoms with Crippen LogP contribution in [-0.4, -0.2) is 57.4 Å². The average Bonchev–Trinajstić information content (AvgIpc) is 3.06. The fourth-order valence-corrected chi connectivity index (χ4v) is 3.65. The third kappa shape index (κ3) is 6.91. The number of aromatic nitrogens is 2. The molecule has 1 aromatic heterocycles. The Morgan fingerprint density at radius 1 is 1.25 bits per heavy atom. The summed E-state index contributed by atoms with van der Waals surface area (Å²) >= 11 is 0. The molecule has 1 fully saturated rings. The summed E-state index contributed by atoms with van der Waals surface area (Å²) in [5, 5.41) is 4.04. The molecule has 7 heteroatoms. The summed E-state index contributed by atoms with van der Waals surface area (Å²) in [7, 11) is 0. The second-order valence-corrected chi connectivity index (χ2v) is 8.73. The summed E-state index contributed by atoms with van der Waals surface area (Å²) in [6, 6.07) is 0.0660. The van der Waals surface area contributed by atoms with Crippen molar-refractivity contribution in [3.63, 3.8) is 0 Å². The maximum Gasteiger partial charge on any atom is 0.226 e. The van der Waals surface area contributed by atoms with Crippen LogP contribution in [0.3, 0.4) is 0 Å². The second-order valence-electron chi connectivity index (χ2n) is 8.73. The minimum atomic E-state index is 0.0346. The minimum Gasteiger partial charge on any atom is -0.341 e. The van der Waals surface area contributed by atoms with Crippen molar-refractivity contribution in [3.8, 4) is 0 Å². The smallest absolute Gasteiger partial charge is 0.226 e. The first-order valence-corrected chi connectivity index (χ1v) is 10.6. The monoisotopic (exact) mass is 392 g/mol. The number of hydrogen-bond donors (Lipinski definition) is 0. The Morgan fingerprint density at radius 3 is 2.64 bits per heavy atom. The molecule has 0 aliphatic carbocycles. The van der Waals surface area contributed by atoms with Gasteiger partial charge in [-0.1, -0.05) is 32.9 Å². The molecular formula is C21H36N4O3. The summed E-state index contributed by atoms with van der Waals surface area (Å²) in [5.41, 5.74) is 0. The predicted octanol–water partition coefficient (Wildman–Crippen LogP) is 3.09. The Balaban J connectivity index is 1.92. The van der Waals surface area contributed by atoms with Crippen LogP contribution in [0.2, 0.25) is 0 Å². The van der Waals surface area contributed by atoms with E-state index in [4.69, 9.17) is 4.52 Å². The van der Waals surface area contributed by atoms with Crippen LogP contribution >= 0.6 is 0 Å². The molecule has 1 aliphatic rings. The van der Waals surface area contributed by atoms with Crippen LogP contribution in [-0.2, 0) is 22.4 Å². The zero-order chi connectivity index (χ0) is 20.7. The van der Waals surface area contributed by atoms with Crippen molar-refractivity contribution in [1.29, 1.82) is 0 Å². The number of carbonyl (C=O) groups is 2. The van der Waals surface area contributed by atoms with Crippen molar-refractivity contribution in [1.82, 2.24) is 19.9 Å². The highest BCUT2D eigenvalue weighted by Gasteiger charge is 2.29. The third-order valence-corrected chi connectivity index (χ3v) is 5.20. The largest absolute Gasteiger partial charge is 0.341 e. The Bertz CT molecular complexity index is 641. The van der Waals surface area contributed by atoms with E-state index in [9.17, 15) is 9.59 Å². The van der Waals surface area contributed by atoms with Gasteiger partial charge in [-0.2, -0.15) is 4.98 Å². The van der Waals surface area contributed by atoms with E-state index in [0.717, 1.165) is 32.2 Å². The molecule has 1 aromatic rings. The molecule has 1 unspecified atom stereocenters. The number of piperidine rings is 1. The molecule has 0 N–H and O–H groups in total. The van der Waals surface area contributed by atoms with E-state index < -0.39 is 0 Å². The van der Waals surface area contributed by atoms with Gasteiger partial charge in [-0.25, -0.2) is 0 Å².